The van der Waals surface area contributed by atoms with Crippen molar-refractivity contribution in [2.75, 3.05) is 23.9 Å². The van der Waals surface area contributed by atoms with E-state index in [1.807, 2.05) is 0 Å². The average molecular weight is 498 g/mol. The molecule has 1 N–H and O–H groups in total. The number of carbonyl (C=O) groups excluding carboxylic acids is 2. The van der Waals surface area contributed by atoms with Gasteiger partial charge in [0.05, 0.1) is 34.6 Å². The standard InChI is InChI=1S/C21H18ClF2N3O5S/c1-32-21(29)12-7-16(15(24)10-14(12)23)25-20(28)11-8-18-17(9-13(11)22)27-6-4-2-3-5-19(27)26-33(18,30)31/h7-10H,2-6H2,1H3,(H,25,28). The zero-order valence-corrected chi connectivity index (χ0v) is 18.9. The Balaban J connectivity index is 1.73. The molecule has 2 aliphatic rings. The number of rotatable bonds is 3. The van der Waals surface area contributed by atoms with Crippen molar-refractivity contribution < 1.29 is 31.5 Å². The minimum atomic E-state index is -4.09. The molecule has 174 valence electrons. The average Bonchev–Trinajstić information content (AvgIpc) is 2.99. The molecule has 0 bridgehead atoms. The molecule has 0 saturated carbocycles. The van der Waals surface area contributed by atoms with Crippen LogP contribution in [-0.4, -0.2) is 39.8 Å². The number of hydrogen-bond donors (Lipinski definition) is 1. The second-order valence-electron chi connectivity index (χ2n) is 7.50. The Morgan fingerprint density at radius 3 is 2.58 bits per heavy atom. The predicted octanol–water partition coefficient (Wildman–Crippen LogP) is 4.14. The van der Waals surface area contributed by atoms with Crippen LogP contribution < -0.4 is 10.2 Å². The first-order valence-electron chi connectivity index (χ1n) is 9.96. The van der Waals surface area contributed by atoms with E-state index in [2.05, 4.69) is 14.5 Å². The van der Waals surface area contributed by atoms with E-state index >= 15 is 0 Å². The summed E-state index contributed by atoms with van der Waals surface area (Å²) in [6.07, 6.45) is 3.08. The van der Waals surface area contributed by atoms with Crippen LogP contribution in [0.3, 0.4) is 0 Å². The smallest absolute Gasteiger partial charge is 0.340 e. The first-order valence-corrected chi connectivity index (χ1v) is 11.8. The number of esters is 1. The maximum atomic E-state index is 14.2. The highest BCUT2D eigenvalue weighted by atomic mass is 35.5. The van der Waals surface area contributed by atoms with Gasteiger partial charge in [-0.3, -0.25) is 4.79 Å². The quantitative estimate of drug-likeness (QED) is 0.639. The normalized spacial score (nSPS) is 16.7. The Kier molecular flexibility index (Phi) is 6.10. The van der Waals surface area contributed by atoms with Crippen LogP contribution in [0.1, 0.15) is 46.4 Å². The zero-order valence-electron chi connectivity index (χ0n) is 17.3. The molecule has 2 heterocycles. The van der Waals surface area contributed by atoms with Gasteiger partial charge in [0.25, 0.3) is 15.9 Å². The zero-order chi connectivity index (χ0) is 23.9. The van der Waals surface area contributed by atoms with Crippen molar-refractivity contribution in [1.29, 1.82) is 0 Å². The number of hydrogen-bond acceptors (Lipinski definition) is 6. The van der Waals surface area contributed by atoms with Crippen molar-refractivity contribution in [1.82, 2.24) is 0 Å². The Labute approximate surface area is 193 Å². The summed E-state index contributed by atoms with van der Waals surface area (Å²) in [5.74, 6) is -3.90. The summed E-state index contributed by atoms with van der Waals surface area (Å²) in [6.45, 7) is 0.556. The van der Waals surface area contributed by atoms with E-state index in [0.717, 1.165) is 38.5 Å². The monoisotopic (exact) mass is 497 g/mol. The van der Waals surface area contributed by atoms with Crippen LogP contribution in [0, 0.1) is 11.6 Å². The highest BCUT2D eigenvalue weighted by molar-refractivity contribution is 7.90. The first kappa shape index (κ1) is 23.1. The second kappa shape index (κ2) is 8.71. The van der Waals surface area contributed by atoms with Crippen LogP contribution >= 0.6 is 11.6 Å². The van der Waals surface area contributed by atoms with E-state index in [-0.39, 0.29) is 15.5 Å². The van der Waals surface area contributed by atoms with E-state index in [9.17, 15) is 26.8 Å². The molecular formula is C21H18ClF2N3O5S. The van der Waals surface area contributed by atoms with Crippen molar-refractivity contribution in [2.24, 2.45) is 4.40 Å². The summed E-state index contributed by atoms with van der Waals surface area (Å²) in [6, 6.07) is 3.65. The van der Waals surface area contributed by atoms with Crippen LogP contribution in [0.15, 0.2) is 33.6 Å². The molecule has 1 fully saturated rings. The topological polar surface area (TPSA) is 105 Å². The fraction of sp³-hybridized carbons (Fsp3) is 0.286. The summed E-state index contributed by atoms with van der Waals surface area (Å²) in [4.78, 5) is 26.1. The number of fused-ring (bicyclic) bond motifs is 3. The summed E-state index contributed by atoms with van der Waals surface area (Å²) in [5, 5.41) is 2.13. The van der Waals surface area contributed by atoms with Gasteiger partial charge in [-0.25, -0.2) is 13.6 Å². The summed E-state index contributed by atoms with van der Waals surface area (Å²) in [7, 11) is -3.06. The van der Waals surface area contributed by atoms with Crippen molar-refractivity contribution in [3.63, 3.8) is 0 Å². The Morgan fingerprint density at radius 1 is 1.09 bits per heavy atom. The molecule has 0 aliphatic carbocycles. The van der Waals surface area contributed by atoms with E-state index < -0.39 is 44.8 Å². The molecule has 8 nitrogen and oxygen atoms in total. The van der Waals surface area contributed by atoms with Crippen LogP contribution in [0.5, 0.6) is 0 Å². The number of ether oxygens (including phenoxy) is 1. The largest absolute Gasteiger partial charge is 0.465 e. The molecule has 0 aromatic heterocycles. The number of amidine groups is 1. The third-order valence-corrected chi connectivity index (χ3v) is 7.04. The SMILES string of the molecule is COC(=O)c1cc(NC(=O)c2cc3c(cc2Cl)N2CCCCCC2=NS3(=O)=O)c(F)cc1F. The minimum Gasteiger partial charge on any atom is -0.465 e. The third kappa shape index (κ3) is 4.30. The minimum absolute atomic E-state index is 0.0670. The lowest BCUT2D eigenvalue weighted by Crippen LogP contribution is -2.35. The Bertz CT molecular complexity index is 1310. The highest BCUT2D eigenvalue weighted by Gasteiger charge is 2.33. The fourth-order valence-corrected chi connectivity index (χ4v) is 5.28. The van der Waals surface area contributed by atoms with Crippen LogP contribution in [-0.2, 0) is 14.8 Å². The molecule has 0 radical (unpaired) electrons. The third-order valence-electron chi connectivity index (χ3n) is 5.39. The van der Waals surface area contributed by atoms with Crippen molar-refractivity contribution in [3.05, 3.63) is 52.0 Å². The molecule has 12 heteroatoms. The number of halogens is 3. The molecule has 0 atom stereocenters. The van der Waals surface area contributed by atoms with E-state index in [1.54, 1.807) is 4.90 Å². The Morgan fingerprint density at radius 2 is 1.85 bits per heavy atom. The van der Waals surface area contributed by atoms with Crippen LogP contribution in [0.2, 0.25) is 5.02 Å². The Hall–Kier alpha value is -3.05. The molecule has 2 aromatic rings. The van der Waals surface area contributed by atoms with Gasteiger partial charge in [0.1, 0.15) is 22.4 Å². The maximum absolute atomic E-state index is 14.2. The molecular weight excluding hydrogens is 480 g/mol. The van der Waals surface area contributed by atoms with Crippen molar-refractivity contribution in [3.8, 4) is 0 Å². The summed E-state index contributed by atoms with van der Waals surface area (Å²) >= 11 is 6.31. The van der Waals surface area contributed by atoms with Gasteiger partial charge in [-0.05, 0) is 31.0 Å². The summed E-state index contributed by atoms with van der Waals surface area (Å²) in [5.41, 5.74) is -1.03. The number of anilines is 2. The van der Waals surface area contributed by atoms with Gasteiger partial charge < -0.3 is 15.0 Å². The number of benzene rings is 2. The van der Waals surface area contributed by atoms with Gasteiger partial charge in [0.2, 0.25) is 0 Å². The lowest BCUT2D eigenvalue weighted by Gasteiger charge is -2.30. The van der Waals surface area contributed by atoms with E-state index in [1.165, 1.54) is 6.07 Å². The van der Waals surface area contributed by atoms with E-state index in [4.69, 9.17) is 11.6 Å². The van der Waals surface area contributed by atoms with Gasteiger partial charge in [-0.2, -0.15) is 8.42 Å². The number of nitrogens with one attached hydrogen (secondary N) is 1. The fourth-order valence-electron chi connectivity index (χ4n) is 3.77. The number of nitrogens with zero attached hydrogens (tertiary/aromatic N) is 2. The maximum Gasteiger partial charge on any atom is 0.340 e. The molecule has 1 amide bonds. The summed E-state index contributed by atoms with van der Waals surface area (Å²) < 4.78 is 62.0. The van der Waals surface area contributed by atoms with Gasteiger partial charge in [-0.15, -0.1) is 4.40 Å². The van der Waals surface area contributed by atoms with Crippen molar-refractivity contribution in [2.45, 2.75) is 30.6 Å². The molecule has 0 unspecified atom stereocenters. The van der Waals surface area contributed by atoms with Crippen LogP contribution in [0.4, 0.5) is 20.2 Å². The van der Waals surface area contributed by atoms with E-state index in [0.29, 0.717) is 30.6 Å². The lowest BCUT2D eigenvalue weighted by molar-refractivity contribution is 0.0595. The first-order chi connectivity index (χ1) is 15.6. The number of amides is 1. The second-order valence-corrected chi connectivity index (χ2v) is 9.48. The molecule has 1 saturated heterocycles. The van der Waals surface area contributed by atoms with Gasteiger partial charge >= 0.3 is 5.97 Å². The highest BCUT2D eigenvalue weighted by Crippen LogP contribution is 2.38. The number of methoxy groups -OCH3 is 1. The number of carbonyl (C=O) groups is 2. The molecule has 0 spiro atoms. The molecule has 33 heavy (non-hydrogen) atoms. The molecule has 2 aromatic carbocycles. The predicted molar refractivity (Wildman–Crippen MR) is 118 cm³/mol. The van der Waals surface area contributed by atoms with Crippen LogP contribution in [0.25, 0.3) is 0 Å². The molecule has 4 rings (SSSR count). The lowest BCUT2D eigenvalue weighted by atomic mass is 10.1. The number of sulfonamides is 1. The molecule has 2 aliphatic heterocycles. The van der Waals surface area contributed by atoms with Gasteiger partial charge in [-0.1, -0.05) is 18.0 Å². The van der Waals surface area contributed by atoms with Crippen molar-refractivity contribution >= 4 is 50.7 Å². The van der Waals surface area contributed by atoms with Gasteiger partial charge in [0, 0.05) is 19.0 Å². The van der Waals surface area contributed by atoms with Gasteiger partial charge in [0.15, 0.2) is 0 Å².